The van der Waals surface area contributed by atoms with Gasteiger partial charge in [0, 0.05) is 48.7 Å². The maximum absolute atomic E-state index is 13.2. The van der Waals surface area contributed by atoms with Crippen molar-refractivity contribution in [3.8, 4) is 5.75 Å². The molecule has 2 amide bonds. The Morgan fingerprint density at radius 1 is 1.06 bits per heavy atom. The molecular weight excluding hydrogens is 390 g/mol. The molecule has 2 aliphatic heterocycles. The molecule has 1 atom stereocenters. The highest BCUT2D eigenvalue weighted by Gasteiger charge is 2.36. The van der Waals surface area contributed by atoms with Crippen molar-refractivity contribution in [3.63, 3.8) is 0 Å². The van der Waals surface area contributed by atoms with Gasteiger partial charge in [0.25, 0.3) is 0 Å². The summed E-state index contributed by atoms with van der Waals surface area (Å²) >= 11 is 0. The van der Waals surface area contributed by atoms with Crippen molar-refractivity contribution in [2.75, 3.05) is 33.3 Å². The number of fused-ring (bicyclic) bond motifs is 1. The van der Waals surface area contributed by atoms with Gasteiger partial charge in [-0.15, -0.1) is 0 Å². The van der Waals surface area contributed by atoms with Crippen LogP contribution in [0.2, 0.25) is 0 Å². The van der Waals surface area contributed by atoms with Crippen LogP contribution in [0.4, 0.5) is 0 Å². The summed E-state index contributed by atoms with van der Waals surface area (Å²) in [6.45, 7) is 8.75. The molecule has 6 heteroatoms. The van der Waals surface area contributed by atoms with E-state index in [1.165, 1.54) is 10.9 Å². The van der Waals surface area contributed by atoms with E-state index in [9.17, 15) is 9.59 Å². The first-order valence-corrected chi connectivity index (χ1v) is 11.5. The number of hydrogen-bond acceptors (Lipinski definition) is 3. The number of carbonyl (C=O) groups excluding carboxylic acids is 2. The third-order valence-electron chi connectivity index (χ3n) is 6.87. The number of benzene rings is 1. The minimum Gasteiger partial charge on any atom is -0.497 e. The second-order valence-corrected chi connectivity index (χ2v) is 10.1. The molecule has 4 rings (SSSR count). The van der Waals surface area contributed by atoms with Crippen molar-refractivity contribution in [1.82, 2.24) is 14.8 Å². The summed E-state index contributed by atoms with van der Waals surface area (Å²) in [5.41, 5.74) is 2.05. The monoisotopic (exact) mass is 425 g/mol. The number of nitrogens with one attached hydrogen (secondary N) is 1. The van der Waals surface area contributed by atoms with Gasteiger partial charge in [0.15, 0.2) is 0 Å². The van der Waals surface area contributed by atoms with Crippen molar-refractivity contribution < 1.29 is 14.3 Å². The van der Waals surface area contributed by atoms with Gasteiger partial charge >= 0.3 is 0 Å². The van der Waals surface area contributed by atoms with Crippen LogP contribution in [0, 0.1) is 11.3 Å². The van der Waals surface area contributed by atoms with Crippen LogP contribution < -0.4 is 4.74 Å². The van der Waals surface area contributed by atoms with Crippen LogP contribution in [-0.2, 0) is 9.59 Å². The first kappa shape index (κ1) is 21.7. The van der Waals surface area contributed by atoms with Gasteiger partial charge in [-0.05, 0) is 55.4 Å². The number of aromatic nitrogens is 1. The molecular formula is C25H35N3O3. The third-order valence-corrected chi connectivity index (χ3v) is 6.87. The van der Waals surface area contributed by atoms with E-state index < -0.39 is 5.41 Å². The molecule has 2 saturated heterocycles. The number of H-pyrrole nitrogens is 1. The molecule has 0 saturated carbocycles. The van der Waals surface area contributed by atoms with Crippen molar-refractivity contribution in [2.45, 2.75) is 52.4 Å². The van der Waals surface area contributed by atoms with Gasteiger partial charge in [-0.2, -0.15) is 0 Å². The zero-order valence-corrected chi connectivity index (χ0v) is 19.2. The Hall–Kier alpha value is -2.50. The first-order valence-electron chi connectivity index (χ1n) is 11.5. The zero-order chi connectivity index (χ0) is 22.2. The molecule has 1 unspecified atom stereocenters. The lowest BCUT2D eigenvalue weighted by molar-refractivity contribution is -0.145. The van der Waals surface area contributed by atoms with Gasteiger partial charge < -0.3 is 19.5 Å². The molecule has 3 heterocycles. The molecule has 0 bridgehead atoms. The molecule has 2 aliphatic rings. The summed E-state index contributed by atoms with van der Waals surface area (Å²) in [6.07, 6.45) is 5.84. The van der Waals surface area contributed by atoms with Gasteiger partial charge in [-0.3, -0.25) is 9.59 Å². The number of rotatable bonds is 3. The number of methoxy groups -OCH3 is 1. The van der Waals surface area contributed by atoms with Gasteiger partial charge in [0.1, 0.15) is 5.75 Å². The highest BCUT2D eigenvalue weighted by Crippen LogP contribution is 2.35. The van der Waals surface area contributed by atoms with Crippen molar-refractivity contribution in [2.24, 2.45) is 11.3 Å². The van der Waals surface area contributed by atoms with Gasteiger partial charge in [0.05, 0.1) is 13.0 Å². The molecule has 1 aromatic heterocycles. The molecule has 2 fully saturated rings. The number of carbonyl (C=O) groups is 2. The Balaban J connectivity index is 1.39. The largest absolute Gasteiger partial charge is 0.497 e. The minimum absolute atomic E-state index is 0.0612. The summed E-state index contributed by atoms with van der Waals surface area (Å²) < 4.78 is 5.40. The predicted octanol–water partition coefficient (Wildman–Crippen LogP) is 4.17. The Bertz CT molecular complexity index is 951. The van der Waals surface area contributed by atoms with Crippen molar-refractivity contribution in [3.05, 3.63) is 30.0 Å². The summed E-state index contributed by atoms with van der Waals surface area (Å²) in [7, 11) is 1.69. The summed E-state index contributed by atoms with van der Waals surface area (Å²) in [5.74, 6) is 1.63. The fourth-order valence-corrected chi connectivity index (χ4v) is 5.09. The molecule has 0 radical (unpaired) electrons. The number of hydrogen-bond donors (Lipinski definition) is 1. The van der Waals surface area contributed by atoms with Crippen LogP contribution in [0.1, 0.15) is 57.9 Å². The lowest BCUT2D eigenvalue weighted by Gasteiger charge is -2.39. The maximum atomic E-state index is 13.2. The molecule has 1 aromatic carbocycles. The fourth-order valence-electron chi connectivity index (χ4n) is 5.09. The average Bonchev–Trinajstić information content (AvgIpc) is 3.20. The Labute approximate surface area is 184 Å². The van der Waals surface area contributed by atoms with Crippen molar-refractivity contribution in [1.29, 1.82) is 0 Å². The Morgan fingerprint density at radius 3 is 2.48 bits per heavy atom. The standard InChI is InChI=1S/C25H35N3O3/c1-25(2,3)24(30)28-11-5-6-18(16-28)23(29)27-12-9-17(10-13-27)21-15-26-22-8-7-19(31-4)14-20(21)22/h7-8,14-15,17-18,26H,5-6,9-13,16H2,1-4H3. The first-order chi connectivity index (χ1) is 14.8. The number of amides is 2. The van der Waals surface area contributed by atoms with E-state index in [0.717, 1.165) is 56.6 Å². The van der Waals surface area contributed by atoms with E-state index in [2.05, 4.69) is 23.3 Å². The smallest absolute Gasteiger partial charge is 0.227 e. The lowest BCUT2D eigenvalue weighted by atomic mass is 9.87. The zero-order valence-electron chi connectivity index (χ0n) is 19.2. The topological polar surface area (TPSA) is 65.6 Å². The molecule has 6 nitrogen and oxygen atoms in total. The number of aromatic amines is 1. The molecule has 0 spiro atoms. The number of nitrogens with zero attached hydrogens (tertiary/aromatic N) is 2. The molecule has 0 aliphatic carbocycles. The predicted molar refractivity (Wildman–Crippen MR) is 122 cm³/mol. The van der Waals surface area contributed by atoms with E-state index >= 15 is 0 Å². The number of ether oxygens (including phenoxy) is 1. The SMILES string of the molecule is COc1ccc2[nH]cc(C3CCN(C(=O)C4CCCN(C(=O)C(C)(C)C)C4)CC3)c2c1. The van der Waals surface area contributed by atoms with Gasteiger partial charge in [0.2, 0.25) is 11.8 Å². The van der Waals surface area contributed by atoms with E-state index in [4.69, 9.17) is 4.74 Å². The van der Waals surface area contributed by atoms with Crippen molar-refractivity contribution >= 4 is 22.7 Å². The van der Waals surface area contributed by atoms with Crippen LogP contribution >= 0.6 is 0 Å². The molecule has 31 heavy (non-hydrogen) atoms. The normalized spacial score (nSPS) is 20.8. The highest BCUT2D eigenvalue weighted by molar-refractivity contribution is 5.86. The molecule has 168 valence electrons. The number of piperidine rings is 2. The molecule has 2 aromatic rings. The minimum atomic E-state index is -0.398. The quantitative estimate of drug-likeness (QED) is 0.803. The fraction of sp³-hybridized carbons (Fsp3) is 0.600. The lowest BCUT2D eigenvalue weighted by Crippen LogP contribution is -2.50. The van der Waals surface area contributed by atoms with E-state index in [1.807, 2.05) is 36.6 Å². The van der Waals surface area contributed by atoms with Crippen LogP contribution in [-0.4, -0.2) is 59.9 Å². The van der Waals surface area contributed by atoms with Crippen LogP contribution in [0.15, 0.2) is 24.4 Å². The number of likely N-dealkylation sites (tertiary alicyclic amines) is 2. The van der Waals surface area contributed by atoms with Gasteiger partial charge in [-0.25, -0.2) is 0 Å². The van der Waals surface area contributed by atoms with E-state index in [-0.39, 0.29) is 17.7 Å². The Morgan fingerprint density at radius 2 is 1.81 bits per heavy atom. The summed E-state index contributed by atoms with van der Waals surface area (Å²) in [6, 6.07) is 6.13. The Kier molecular flexibility index (Phi) is 6.00. The van der Waals surface area contributed by atoms with E-state index in [1.54, 1.807) is 7.11 Å². The van der Waals surface area contributed by atoms with Gasteiger partial charge in [-0.1, -0.05) is 20.8 Å². The third kappa shape index (κ3) is 4.43. The average molecular weight is 426 g/mol. The second-order valence-electron chi connectivity index (χ2n) is 10.1. The second kappa shape index (κ2) is 8.56. The van der Waals surface area contributed by atoms with Crippen LogP contribution in [0.5, 0.6) is 5.75 Å². The van der Waals surface area contributed by atoms with E-state index in [0.29, 0.717) is 12.5 Å². The van der Waals surface area contributed by atoms with Crippen LogP contribution in [0.25, 0.3) is 10.9 Å². The summed E-state index contributed by atoms with van der Waals surface area (Å²) in [4.78, 5) is 33.2. The highest BCUT2D eigenvalue weighted by atomic mass is 16.5. The van der Waals surface area contributed by atoms with Crippen LogP contribution in [0.3, 0.4) is 0 Å². The summed E-state index contributed by atoms with van der Waals surface area (Å²) in [5, 5.41) is 1.22. The molecule has 1 N–H and O–H groups in total. The maximum Gasteiger partial charge on any atom is 0.227 e.